The number of nitrogens with zero attached hydrogens (tertiary/aromatic N) is 1. The van der Waals surface area contributed by atoms with Crippen molar-refractivity contribution in [2.24, 2.45) is 0 Å². The molecule has 128 valence electrons. The summed E-state index contributed by atoms with van der Waals surface area (Å²) in [6.45, 7) is 1.55. The van der Waals surface area contributed by atoms with Crippen LogP contribution in [0.3, 0.4) is 0 Å². The van der Waals surface area contributed by atoms with Gasteiger partial charge in [-0.2, -0.15) is 0 Å². The first-order valence-electron chi connectivity index (χ1n) is 9.41. The third kappa shape index (κ3) is 2.62. The van der Waals surface area contributed by atoms with Crippen LogP contribution in [0.5, 0.6) is 0 Å². The summed E-state index contributed by atoms with van der Waals surface area (Å²) in [6.07, 6.45) is 5.60. The van der Waals surface area contributed by atoms with E-state index in [4.69, 9.17) is 4.74 Å². The summed E-state index contributed by atoms with van der Waals surface area (Å²) in [5.41, 5.74) is 5.09. The number of ether oxygens (including phenoxy) is 1. The smallest absolute Gasteiger partial charge is 0.410 e. The molecule has 25 heavy (non-hydrogen) atoms. The maximum atomic E-state index is 12.4. The second-order valence-corrected chi connectivity index (χ2v) is 7.75. The van der Waals surface area contributed by atoms with E-state index in [2.05, 4.69) is 42.5 Å². The molecule has 0 radical (unpaired) electrons. The molecule has 1 unspecified atom stereocenters. The average Bonchev–Trinajstić information content (AvgIpc) is 3.25. The second kappa shape index (κ2) is 5.62. The number of hydrogen-bond donors (Lipinski definition) is 0. The highest BCUT2D eigenvalue weighted by Crippen LogP contribution is 2.47. The molecule has 2 fully saturated rings. The fraction of sp³-hybridized carbons (Fsp3) is 0.409. The van der Waals surface area contributed by atoms with Crippen LogP contribution in [0.4, 0.5) is 4.79 Å². The molecule has 2 aromatic rings. The van der Waals surface area contributed by atoms with E-state index in [0.29, 0.717) is 5.92 Å². The van der Waals surface area contributed by atoms with Crippen molar-refractivity contribution in [3.63, 3.8) is 0 Å². The lowest BCUT2D eigenvalue weighted by Crippen LogP contribution is -2.36. The summed E-state index contributed by atoms with van der Waals surface area (Å²) in [5, 5.41) is 0. The maximum Gasteiger partial charge on any atom is 0.410 e. The number of fused-ring (bicyclic) bond motifs is 1. The van der Waals surface area contributed by atoms with E-state index in [0.717, 1.165) is 25.9 Å². The normalized spacial score (nSPS) is 23.4. The van der Waals surface area contributed by atoms with Crippen molar-refractivity contribution in [2.45, 2.75) is 43.6 Å². The van der Waals surface area contributed by atoms with Crippen LogP contribution in [-0.4, -0.2) is 29.7 Å². The summed E-state index contributed by atoms with van der Waals surface area (Å²) in [5.74, 6) is 0.392. The van der Waals surface area contributed by atoms with Crippen LogP contribution in [0, 0.1) is 0 Å². The van der Waals surface area contributed by atoms with Crippen LogP contribution in [0.2, 0.25) is 0 Å². The summed E-state index contributed by atoms with van der Waals surface area (Å²) in [6, 6.07) is 17.2. The standard InChI is InChI=1S/C22H23NO2/c24-21-23(15-22(25-21)11-5-2-6-12-22)14-20-18-10-9-17(13-19(18)20)16-7-3-1-4-8-16/h1,3-4,7-10,13,20H,2,5-6,11-12,14-15H2. The lowest BCUT2D eigenvalue weighted by Gasteiger charge is -2.30. The SMILES string of the molecule is O=C1OC2(CCCCC2)CN1CC1c2ccc(-c3ccccc3)cc21. The number of rotatable bonds is 3. The topological polar surface area (TPSA) is 29.5 Å². The van der Waals surface area contributed by atoms with E-state index in [1.807, 2.05) is 11.0 Å². The van der Waals surface area contributed by atoms with Gasteiger partial charge in [-0.25, -0.2) is 4.79 Å². The molecule has 1 amide bonds. The van der Waals surface area contributed by atoms with Gasteiger partial charge in [0.1, 0.15) is 5.60 Å². The van der Waals surface area contributed by atoms with Gasteiger partial charge in [-0.05, 0) is 47.9 Å². The Labute approximate surface area is 148 Å². The van der Waals surface area contributed by atoms with E-state index >= 15 is 0 Å². The zero-order valence-corrected chi connectivity index (χ0v) is 14.4. The predicted molar refractivity (Wildman–Crippen MR) is 97.6 cm³/mol. The Morgan fingerprint density at radius 3 is 2.56 bits per heavy atom. The fourth-order valence-corrected chi connectivity index (χ4v) is 4.62. The number of carbonyl (C=O) groups excluding carboxylic acids is 1. The molecule has 1 atom stereocenters. The molecule has 5 rings (SSSR count). The monoisotopic (exact) mass is 333 g/mol. The first-order valence-corrected chi connectivity index (χ1v) is 9.41. The Kier molecular flexibility index (Phi) is 3.37. The van der Waals surface area contributed by atoms with Gasteiger partial charge in [-0.3, -0.25) is 0 Å². The highest BCUT2D eigenvalue weighted by molar-refractivity contribution is 5.73. The number of carbonyl (C=O) groups is 1. The first kappa shape index (κ1) is 15.0. The van der Waals surface area contributed by atoms with Gasteiger partial charge in [0.2, 0.25) is 0 Å². The molecule has 0 bridgehead atoms. The summed E-state index contributed by atoms with van der Waals surface area (Å²) < 4.78 is 5.81. The number of hydrogen-bond acceptors (Lipinski definition) is 2. The van der Waals surface area contributed by atoms with Gasteiger partial charge >= 0.3 is 6.09 Å². The Balaban J connectivity index is 1.29. The Hall–Kier alpha value is -2.29. The summed E-state index contributed by atoms with van der Waals surface area (Å²) >= 11 is 0. The molecule has 0 N–H and O–H groups in total. The molecular formula is C22H23NO2. The molecule has 1 saturated carbocycles. The molecule has 1 spiro atoms. The van der Waals surface area contributed by atoms with Gasteiger partial charge in [0.05, 0.1) is 6.54 Å². The molecule has 2 aromatic carbocycles. The Bertz CT molecular complexity index is 808. The highest BCUT2D eigenvalue weighted by atomic mass is 16.6. The molecule has 3 nitrogen and oxygen atoms in total. The van der Waals surface area contributed by atoms with E-state index < -0.39 is 0 Å². The third-order valence-corrected chi connectivity index (χ3v) is 6.07. The van der Waals surface area contributed by atoms with Crippen molar-refractivity contribution in [1.29, 1.82) is 0 Å². The largest absolute Gasteiger partial charge is 0.441 e. The van der Waals surface area contributed by atoms with E-state index in [1.165, 1.54) is 41.5 Å². The molecule has 1 saturated heterocycles. The molecule has 1 heterocycles. The van der Waals surface area contributed by atoms with Gasteiger partial charge in [-0.1, -0.05) is 55.0 Å². The minimum absolute atomic E-state index is 0.108. The van der Waals surface area contributed by atoms with Crippen molar-refractivity contribution in [3.8, 4) is 11.1 Å². The van der Waals surface area contributed by atoms with Gasteiger partial charge in [0.15, 0.2) is 0 Å². The Morgan fingerprint density at radius 2 is 1.76 bits per heavy atom. The fourth-order valence-electron chi connectivity index (χ4n) is 4.62. The Morgan fingerprint density at radius 1 is 0.960 bits per heavy atom. The lowest BCUT2D eigenvalue weighted by molar-refractivity contribution is 0.0260. The first-order chi connectivity index (χ1) is 12.2. The van der Waals surface area contributed by atoms with Crippen LogP contribution in [0.15, 0.2) is 48.5 Å². The molecule has 0 aromatic heterocycles. The molecule has 1 aliphatic heterocycles. The maximum absolute atomic E-state index is 12.4. The van der Waals surface area contributed by atoms with Gasteiger partial charge in [-0.15, -0.1) is 0 Å². The number of amides is 1. The van der Waals surface area contributed by atoms with Crippen molar-refractivity contribution < 1.29 is 9.53 Å². The molecule has 3 heteroatoms. The van der Waals surface area contributed by atoms with Gasteiger partial charge in [0.25, 0.3) is 0 Å². The minimum Gasteiger partial charge on any atom is -0.441 e. The van der Waals surface area contributed by atoms with E-state index in [9.17, 15) is 4.79 Å². The molecule has 3 aliphatic rings. The van der Waals surface area contributed by atoms with Gasteiger partial charge in [0, 0.05) is 12.5 Å². The minimum atomic E-state index is -0.189. The zero-order valence-electron chi connectivity index (χ0n) is 14.4. The summed E-state index contributed by atoms with van der Waals surface area (Å²) in [7, 11) is 0. The van der Waals surface area contributed by atoms with Crippen LogP contribution < -0.4 is 0 Å². The van der Waals surface area contributed by atoms with Crippen LogP contribution in [0.1, 0.15) is 49.1 Å². The third-order valence-electron chi connectivity index (χ3n) is 6.07. The van der Waals surface area contributed by atoms with Crippen LogP contribution in [0.25, 0.3) is 11.1 Å². The van der Waals surface area contributed by atoms with Gasteiger partial charge < -0.3 is 9.64 Å². The molecular weight excluding hydrogens is 310 g/mol. The quantitative estimate of drug-likeness (QED) is 0.795. The summed E-state index contributed by atoms with van der Waals surface area (Å²) in [4.78, 5) is 14.3. The zero-order chi connectivity index (χ0) is 16.9. The highest BCUT2D eigenvalue weighted by Gasteiger charge is 2.47. The van der Waals surface area contributed by atoms with Crippen LogP contribution >= 0.6 is 0 Å². The lowest BCUT2D eigenvalue weighted by atomic mass is 9.85. The predicted octanol–water partition coefficient (Wildman–Crippen LogP) is 4.95. The average molecular weight is 333 g/mol. The second-order valence-electron chi connectivity index (χ2n) is 7.75. The van der Waals surface area contributed by atoms with Crippen molar-refractivity contribution in [2.75, 3.05) is 13.1 Å². The number of benzene rings is 2. The van der Waals surface area contributed by atoms with Crippen molar-refractivity contribution in [1.82, 2.24) is 4.90 Å². The van der Waals surface area contributed by atoms with E-state index in [1.54, 1.807) is 0 Å². The van der Waals surface area contributed by atoms with E-state index in [-0.39, 0.29) is 11.7 Å². The molecule has 2 aliphatic carbocycles. The van der Waals surface area contributed by atoms with Crippen molar-refractivity contribution in [3.05, 3.63) is 59.7 Å². The van der Waals surface area contributed by atoms with Crippen LogP contribution in [-0.2, 0) is 4.74 Å². The van der Waals surface area contributed by atoms with Crippen molar-refractivity contribution >= 4 is 6.09 Å².